The summed E-state index contributed by atoms with van der Waals surface area (Å²) in [6.45, 7) is 3.07. The van der Waals surface area contributed by atoms with E-state index >= 15 is 0 Å². The molecule has 2 aromatic rings. The second-order valence-electron chi connectivity index (χ2n) is 7.10. The van der Waals surface area contributed by atoms with E-state index in [0.717, 1.165) is 44.5 Å². The van der Waals surface area contributed by atoms with Crippen LogP contribution >= 0.6 is 0 Å². The molecule has 4 rings (SSSR count). The van der Waals surface area contributed by atoms with Crippen LogP contribution in [0.5, 0.6) is 0 Å². The van der Waals surface area contributed by atoms with Crippen LogP contribution in [0.25, 0.3) is 11.4 Å². The van der Waals surface area contributed by atoms with Gasteiger partial charge in [-0.05, 0) is 31.7 Å². The summed E-state index contributed by atoms with van der Waals surface area (Å²) in [6, 6.07) is 10.7. The Morgan fingerprint density at radius 1 is 1.23 bits per heavy atom. The summed E-state index contributed by atoms with van der Waals surface area (Å²) in [7, 11) is 0. The molecule has 1 aromatic carbocycles. The van der Waals surface area contributed by atoms with Gasteiger partial charge in [0.25, 0.3) is 0 Å². The van der Waals surface area contributed by atoms with Crippen molar-refractivity contribution in [1.82, 2.24) is 15.0 Å². The van der Waals surface area contributed by atoms with Crippen LogP contribution in [0.1, 0.15) is 25.7 Å². The summed E-state index contributed by atoms with van der Waals surface area (Å²) in [5.74, 6) is 1.34. The van der Waals surface area contributed by atoms with E-state index in [1.54, 1.807) is 0 Å². The van der Waals surface area contributed by atoms with E-state index in [1.807, 2.05) is 30.3 Å². The fourth-order valence-corrected chi connectivity index (χ4v) is 4.13. The molecule has 0 bridgehead atoms. The third-order valence-electron chi connectivity index (χ3n) is 5.46. The van der Waals surface area contributed by atoms with Crippen LogP contribution in [0.15, 0.2) is 34.9 Å². The van der Waals surface area contributed by atoms with Crippen molar-refractivity contribution >= 4 is 11.9 Å². The monoisotopic (exact) mass is 355 g/mol. The van der Waals surface area contributed by atoms with Crippen LogP contribution in [-0.4, -0.2) is 53.2 Å². The quantitative estimate of drug-likeness (QED) is 0.881. The van der Waals surface area contributed by atoms with Crippen molar-refractivity contribution < 1.29 is 9.32 Å². The van der Waals surface area contributed by atoms with Crippen LogP contribution in [0.4, 0.5) is 6.01 Å². The van der Waals surface area contributed by atoms with Gasteiger partial charge in [0.1, 0.15) is 0 Å². The molecule has 1 amide bonds. The average molecular weight is 355 g/mol. The molecular formula is C19H25N5O2. The number of anilines is 1. The summed E-state index contributed by atoms with van der Waals surface area (Å²) in [5.41, 5.74) is 6.59. The number of aromatic nitrogens is 2. The Morgan fingerprint density at radius 3 is 2.88 bits per heavy atom. The minimum atomic E-state index is 0.275. The van der Waals surface area contributed by atoms with Gasteiger partial charge >= 0.3 is 6.01 Å². The van der Waals surface area contributed by atoms with E-state index < -0.39 is 0 Å². The summed E-state index contributed by atoms with van der Waals surface area (Å²) in [6.07, 6.45) is 3.35. The molecule has 2 fully saturated rings. The molecule has 2 aliphatic rings. The molecule has 2 N–H and O–H groups in total. The van der Waals surface area contributed by atoms with Crippen molar-refractivity contribution in [2.75, 3.05) is 31.1 Å². The average Bonchev–Trinajstić information content (AvgIpc) is 3.18. The van der Waals surface area contributed by atoms with E-state index in [2.05, 4.69) is 19.9 Å². The van der Waals surface area contributed by atoms with Crippen molar-refractivity contribution in [2.24, 2.45) is 11.7 Å². The van der Waals surface area contributed by atoms with Crippen molar-refractivity contribution in [3.8, 4) is 11.4 Å². The number of carbonyl (C=O) groups is 1. The molecule has 3 heterocycles. The number of carbonyl (C=O) groups excluding carboxylic acids is 1. The van der Waals surface area contributed by atoms with E-state index in [4.69, 9.17) is 10.3 Å². The first kappa shape index (κ1) is 17.0. The van der Waals surface area contributed by atoms with Gasteiger partial charge < -0.3 is 20.1 Å². The van der Waals surface area contributed by atoms with Crippen LogP contribution in [-0.2, 0) is 4.79 Å². The zero-order chi connectivity index (χ0) is 17.9. The third-order valence-corrected chi connectivity index (χ3v) is 5.46. The van der Waals surface area contributed by atoms with Crippen molar-refractivity contribution in [3.63, 3.8) is 0 Å². The topological polar surface area (TPSA) is 88.5 Å². The van der Waals surface area contributed by atoms with Gasteiger partial charge in [0.05, 0.1) is 0 Å². The number of fused-ring (bicyclic) bond motifs is 1. The van der Waals surface area contributed by atoms with Crippen molar-refractivity contribution in [3.05, 3.63) is 30.3 Å². The third kappa shape index (κ3) is 3.31. The fraction of sp³-hybridized carbons (Fsp3) is 0.526. The minimum Gasteiger partial charge on any atom is -0.339 e. The van der Waals surface area contributed by atoms with Gasteiger partial charge in [-0.25, -0.2) is 0 Å². The number of nitrogens with zero attached hydrogens (tertiary/aromatic N) is 4. The molecule has 7 nitrogen and oxygen atoms in total. The van der Waals surface area contributed by atoms with Gasteiger partial charge in [-0.2, -0.15) is 4.98 Å². The Labute approximate surface area is 153 Å². The number of nitrogens with two attached hydrogens (primary N) is 1. The normalized spacial score (nSPS) is 23.2. The SMILES string of the molecule is NCCCN1C(=O)CC[C@H]2CN(c3nc(-c4ccccc4)no3)CC[C@H]21. The highest BCUT2D eigenvalue weighted by Crippen LogP contribution is 2.33. The molecule has 0 saturated carbocycles. The number of rotatable bonds is 5. The highest BCUT2D eigenvalue weighted by atomic mass is 16.5. The van der Waals surface area contributed by atoms with Gasteiger partial charge in [0, 0.05) is 37.7 Å². The molecule has 0 spiro atoms. The van der Waals surface area contributed by atoms with E-state index in [1.165, 1.54) is 0 Å². The van der Waals surface area contributed by atoms with Gasteiger partial charge in [-0.3, -0.25) is 4.79 Å². The second kappa shape index (κ2) is 7.45. The van der Waals surface area contributed by atoms with Crippen molar-refractivity contribution in [1.29, 1.82) is 0 Å². The molecule has 1 aromatic heterocycles. The van der Waals surface area contributed by atoms with E-state index in [-0.39, 0.29) is 5.91 Å². The number of hydrogen-bond acceptors (Lipinski definition) is 6. The Morgan fingerprint density at radius 2 is 2.08 bits per heavy atom. The second-order valence-corrected chi connectivity index (χ2v) is 7.10. The predicted molar refractivity (Wildman–Crippen MR) is 98.5 cm³/mol. The van der Waals surface area contributed by atoms with Gasteiger partial charge in [-0.1, -0.05) is 35.5 Å². The first-order valence-electron chi connectivity index (χ1n) is 9.40. The molecule has 0 unspecified atom stereocenters. The maximum Gasteiger partial charge on any atom is 0.324 e. The standard InChI is InChI=1S/C19H25N5O2/c20-10-4-11-24-16-9-12-23(13-15(16)7-8-17(24)25)19-21-18(22-26-19)14-5-2-1-3-6-14/h1-3,5-6,15-16H,4,7-13,20H2/t15-,16+/m0/s1. The lowest BCUT2D eigenvalue weighted by atomic mass is 9.83. The molecule has 0 radical (unpaired) electrons. The van der Waals surface area contributed by atoms with E-state index in [9.17, 15) is 4.79 Å². The number of piperidine rings is 2. The highest BCUT2D eigenvalue weighted by Gasteiger charge is 2.40. The minimum absolute atomic E-state index is 0.275. The smallest absolute Gasteiger partial charge is 0.324 e. The number of amides is 1. The predicted octanol–water partition coefficient (Wildman–Crippen LogP) is 1.90. The lowest BCUT2D eigenvalue weighted by Crippen LogP contribution is -2.56. The Balaban J connectivity index is 1.45. The number of hydrogen-bond donors (Lipinski definition) is 1. The van der Waals surface area contributed by atoms with Crippen LogP contribution in [0.2, 0.25) is 0 Å². The van der Waals surface area contributed by atoms with Gasteiger partial charge in [0.2, 0.25) is 11.7 Å². The Kier molecular flexibility index (Phi) is 4.88. The van der Waals surface area contributed by atoms with Crippen LogP contribution in [0, 0.1) is 5.92 Å². The van der Waals surface area contributed by atoms with Gasteiger partial charge in [-0.15, -0.1) is 0 Å². The van der Waals surface area contributed by atoms with Crippen LogP contribution < -0.4 is 10.6 Å². The van der Waals surface area contributed by atoms with E-state index in [0.29, 0.717) is 36.8 Å². The summed E-state index contributed by atoms with van der Waals surface area (Å²) < 4.78 is 5.52. The first-order chi connectivity index (χ1) is 12.8. The zero-order valence-electron chi connectivity index (χ0n) is 14.9. The highest BCUT2D eigenvalue weighted by molar-refractivity contribution is 5.77. The lowest BCUT2D eigenvalue weighted by Gasteiger charge is -2.46. The molecule has 2 saturated heterocycles. The Hall–Kier alpha value is -2.41. The molecule has 2 aliphatic heterocycles. The molecular weight excluding hydrogens is 330 g/mol. The van der Waals surface area contributed by atoms with Gasteiger partial charge in [0.15, 0.2) is 0 Å². The zero-order valence-corrected chi connectivity index (χ0v) is 14.9. The Bertz CT molecular complexity index is 747. The summed E-state index contributed by atoms with van der Waals surface area (Å²) in [4.78, 5) is 21.1. The number of benzene rings is 1. The van der Waals surface area contributed by atoms with Crippen LogP contribution in [0.3, 0.4) is 0 Å². The molecule has 2 atom stereocenters. The summed E-state index contributed by atoms with van der Waals surface area (Å²) >= 11 is 0. The fourth-order valence-electron chi connectivity index (χ4n) is 4.13. The molecule has 7 heteroatoms. The lowest BCUT2D eigenvalue weighted by molar-refractivity contribution is -0.139. The largest absolute Gasteiger partial charge is 0.339 e. The summed E-state index contributed by atoms with van der Waals surface area (Å²) in [5, 5.41) is 4.13. The molecule has 138 valence electrons. The number of likely N-dealkylation sites (tertiary alicyclic amines) is 1. The maximum absolute atomic E-state index is 12.3. The molecule has 0 aliphatic carbocycles. The maximum atomic E-state index is 12.3. The van der Waals surface area contributed by atoms with Crippen molar-refractivity contribution in [2.45, 2.75) is 31.7 Å². The first-order valence-corrected chi connectivity index (χ1v) is 9.40. The molecule has 26 heavy (non-hydrogen) atoms.